The highest BCUT2D eigenvalue weighted by Gasteiger charge is 2.38. The minimum absolute atomic E-state index is 0.0973. The van der Waals surface area contributed by atoms with Crippen LogP contribution in [-0.4, -0.2) is 87.4 Å². The van der Waals surface area contributed by atoms with E-state index in [4.69, 9.17) is 9.47 Å². The van der Waals surface area contributed by atoms with Crippen LogP contribution in [0.25, 0.3) is 0 Å². The summed E-state index contributed by atoms with van der Waals surface area (Å²) in [5.41, 5.74) is 1.80. The Morgan fingerprint density at radius 1 is 1.03 bits per heavy atom. The Kier molecular flexibility index (Phi) is 8.16. The summed E-state index contributed by atoms with van der Waals surface area (Å²) in [6, 6.07) is 16.7. The van der Waals surface area contributed by atoms with E-state index in [0.29, 0.717) is 37.3 Å². The number of ether oxygens (including phenoxy) is 2. The molecule has 182 valence electrons. The lowest BCUT2D eigenvalue weighted by Gasteiger charge is -2.34. The Bertz CT molecular complexity index is 945. The number of carbonyl (C=O) groups is 2. The Hall–Kier alpha value is -2.94. The number of carbonyl (C=O) groups excluding carboxylic acids is 2. The number of methoxy groups -OCH3 is 1. The molecular weight excluding hydrogens is 432 g/mol. The monoisotopic (exact) mass is 466 g/mol. The van der Waals surface area contributed by atoms with Crippen LogP contribution in [0.3, 0.4) is 0 Å². The molecule has 2 fully saturated rings. The van der Waals surface area contributed by atoms with Crippen molar-refractivity contribution in [3.05, 3.63) is 65.7 Å². The Balaban J connectivity index is 1.28. The van der Waals surface area contributed by atoms with E-state index in [2.05, 4.69) is 27.7 Å². The van der Waals surface area contributed by atoms with Gasteiger partial charge in [0.15, 0.2) is 0 Å². The van der Waals surface area contributed by atoms with E-state index in [-0.39, 0.29) is 18.4 Å². The molecule has 2 aromatic carbocycles. The minimum atomic E-state index is -0.727. The molecule has 34 heavy (non-hydrogen) atoms. The van der Waals surface area contributed by atoms with Gasteiger partial charge < -0.3 is 24.6 Å². The average Bonchev–Trinajstić information content (AvgIpc) is 3.66. The molecule has 2 amide bonds. The molecule has 1 saturated heterocycles. The van der Waals surface area contributed by atoms with Gasteiger partial charge in [-0.3, -0.25) is 14.9 Å². The van der Waals surface area contributed by atoms with Gasteiger partial charge in [0.05, 0.1) is 20.4 Å². The standard InChI is InChI=1S/C26H34N4O4/c1-29-12-14-30(15-13-29)26(32)24(28-25(31)20-6-4-3-5-7-20)17-34-18-27-23-16-22(23)19-8-10-21(33-2)11-9-19/h3-11,22-24,27H,12-18H2,1-2H3,(H,28,31)/t22-,23+,24-/m0/s1. The van der Waals surface area contributed by atoms with Gasteiger partial charge in [-0.25, -0.2) is 0 Å². The summed E-state index contributed by atoms with van der Waals surface area (Å²) in [5, 5.41) is 6.28. The molecule has 0 bridgehead atoms. The first-order chi connectivity index (χ1) is 16.5. The highest BCUT2D eigenvalue weighted by molar-refractivity contribution is 5.97. The van der Waals surface area contributed by atoms with Crippen molar-refractivity contribution in [2.75, 3.05) is 53.7 Å². The third kappa shape index (κ3) is 6.34. The van der Waals surface area contributed by atoms with Crippen LogP contribution in [0.2, 0.25) is 0 Å². The lowest BCUT2D eigenvalue weighted by molar-refractivity contribution is -0.136. The van der Waals surface area contributed by atoms with Crippen LogP contribution in [0.1, 0.15) is 28.3 Å². The largest absolute Gasteiger partial charge is 0.497 e. The molecule has 1 aliphatic heterocycles. The quantitative estimate of drug-likeness (QED) is 0.410. The maximum absolute atomic E-state index is 13.2. The minimum Gasteiger partial charge on any atom is -0.497 e. The van der Waals surface area contributed by atoms with Crippen molar-refractivity contribution < 1.29 is 19.1 Å². The molecule has 0 radical (unpaired) electrons. The van der Waals surface area contributed by atoms with Gasteiger partial charge in [-0.15, -0.1) is 0 Å². The van der Waals surface area contributed by atoms with Gasteiger partial charge in [-0.1, -0.05) is 30.3 Å². The van der Waals surface area contributed by atoms with Gasteiger partial charge >= 0.3 is 0 Å². The van der Waals surface area contributed by atoms with Gasteiger partial charge in [0.2, 0.25) is 5.91 Å². The molecule has 1 saturated carbocycles. The molecule has 2 aromatic rings. The van der Waals surface area contributed by atoms with Crippen molar-refractivity contribution in [1.29, 1.82) is 0 Å². The molecule has 0 unspecified atom stereocenters. The zero-order chi connectivity index (χ0) is 23.9. The highest BCUT2D eigenvalue weighted by Crippen LogP contribution is 2.41. The van der Waals surface area contributed by atoms with Crippen LogP contribution in [0.5, 0.6) is 5.75 Å². The summed E-state index contributed by atoms with van der Waals surface area (Å²) >= 11 is 0. The first-order valence-electron chi connectivity index (χ1n) is 11.8. The molecule has 8 nitrogen and oxygen atoms in total. The van der Waals surface area contributed by atoms with Crippen LogP contribution >= 0.6 is 0 Å². The summed E-state index contributed by atoms with van der Waals surface area (Å²) in [5.74, 6) is 0.937. The molecule has 2 aliphatic rings. The number of hydrogen-bond donors (Lipinski definition) is 2. The van der Waals surface area contributed by atoms with Gasteiger partial charge in [0, 0.05) is 43.7 Å². The number of hydrogen-bond acceptors (Lipinski definition) is 6. The molecule has 1 aliphatic carbocycles. The van der Waals surface area contributed by atoms with E-state index in [1.54, 1.807) is 19.2 Å². The van der Waals surface area contributed by atoms with Gasteiger partial charge in [0.1, 0.15) is 11.8 Å². The average molecular weight is 467 g/mol. The van der Waals surface area contributed by atoms with Crippen molar-refractivity contribution in [3.63, 3.8) is 0 Å². The first-order valence-corrected chi connectivity index (χ1v) is 11.8. The van der Waals surface area contributed by atoms with Gasteiger partial charge in [0.25, 0.3) is 5.91 Å². The number of benzene rings is 2. The fraction of sp³-hybridized carbons (Fsp3) is 0.462. The lowest BCUT2D eigenvalue weighted by Crippen LogP contribution is -2.55. The summed E-state index contributed by atoms with van der Waals surface area (Å²) in [6.07, 6.45) is 1.05. The van der Waals surface area contributed by atoms with E-state index in [0.717, 1.165) is 25.3 Å². The molecule has 0 spiro atoms. The summed E-state index contributed by atoms with van der Waals surface area (Å²) in [7, 11) is 3.71. The lowest BCUT2D eigenvalue weighted by atomic mass is 10.1. The SMILES string of the molecule is COc1ccc([C@@H]2C[C@H]2NCOC[C@H](NC(=O)c2ccccc2)C(=O)N2CCN(C)CC2)cc1. The zero-order valence-electron chi connectivity index (χ0n) is 19.9. The zero-order valence-corrected chi connectivity index (χ0v) is 19.9. The topological polar surface area (TPSA) is 83.1 Å². The Labute approximate surface area is 201 Å². The van der Waals surface area contributed by atoms with Crippen LogP contribution in [0.4, 0.5) is 0 Å². The number of nitrogens with zero attached hydrogens (tertiary/aromatic N) is 2. The molecule has 8 heteroatoms. The molecule has 2 N–H and O–H groups in total. The number of rotatable bonds is 10. The fourth-order valence-electron chi connectivity index (χ4n) is 4.24. The molecule has 3 atom stereocenters. The smallest absolute Gasteiger partial charge is 0.251 e. The maximum Gasteiger partial charge on any atom is 0.251 e. The number of piperazine rings is 1. The molecule has 4 rings (SSSR count). The predicted octanol–water partition coefficient (Wildman–Crippen LogP) is 1.69. The number of amides is 2. The van der Waals surface area contributed by atoms with E-state index < -0.39 is 6.04 Å². The normalized spacial score (nSPS) is 21.1. The predicted molar refractivity (Wildman–Crippen MR) is 130 cm³/mol. The van der Waals surface area contributed by atoms with Crippen LogP contribution < -0.4 is 15.4 Å². The van der Waals surface area contributed by atoms with Gasteiger partial charge in [-0.2, -0.15) is 0 Å². The van der Waals surface area contributed by atoms with E-state index >= 15 is 0 Å². The third-order valence-electron chi connectivity index (χ3n) is 6.52. The van der Waals surface area contributed by atoms with E-state index in [1.165, 1.54) is 5.56 Å². The maximum atomic E-state index is 13.2. The number of nitrogens with one attached hydrogen (secondary N) is 2. The van der Waals surface area contributed by atoms with E-state index in [9.17, 15) is 9.59 Å². The number of likely N-dealkylation sites (N-methyl/N-ethyl adjacent to an activating group) is 1. The fourth-order valence-corrected chi connectivity index (χ4v) is 4.24. The van der Waals surface area contributed by atoms with E-state index in [1.807, 2.05) is 42.3 Å². The molecule has 0 aromatic heterocycles. The van der Waals surface area contributed by atoms with Crippen molar-refractivity contribution >= 4 is 11.8 Å². The van der Waals surface area contributed by atoms with Crippen molar-refractivity contribution in [1.82, 2.24) is 20.4 Å². The van der Waals surface area contributed by atoms with Crippen LogP contribution in [0.15, 0.2) is 54.6 Å². The van der Waals surface area contributed by atoms with Crippen LogP contribution in [-0.2, 0) is 9.53 Å². The second-order valence-electron chi connectivity index (χ2n) is 8.96. The molecular formula is C26H34N4O4. The third-order valence-corrected chi connectivity index (χ3v) is 6.52. The van der Waals surface area contributed by atoms with Gasteiger partial charge in [-0.05, 0) is 43.3 Å². The first kappa shape index (κ1) is 24.2. The summed E-state index contributed by atoms with van der Waals surface area (Å²) in [4.78, 5) is 29.9. The van der Waals surface area contributed by atoms with Crippen LogP contribution in [0, 0.1) is 0 Å². The Morgan fingerprint density at radius 2 is 1.74 bits per heavy atom. The Morgan fingerprint density at radius 3 is 2.41 bits per heavy atom. The second-order valence-corrected chi connectivity index (χ2v) is 8.96. The summed E-state index contributed by atoms with van der Waals surface area (Å²) in [6.45, 7) is 3.39. The molecule has 1 heterocycles. The highest BCUT2D eigenvalue weighted by atomic mass is 16.5. The summed E-state index contributed by atoms with van der Waals surface area (Å²) < 4.78 is 11.1. The van der Waals surface area contributed by atoms with Crippen molar-refractivity contribution in [2.45, 2.75) is 24.4 Å². The van der Waals surface area contributed by atoms with Crippen molar-refractivity contribution in [3.8, 4) is 5.75 Å². The second kappa shape index (κ2) is 11.5. The van der Waals surface area contributed by atoms with Crippen molar-refractivity contribution in [2.24, 2.45) is 0 Å².